The minimum absolute atomic E-state index is 0.157. The summed E-state index contributed by atoms with van der Waals surface area (Å²) in [4.78, 5) is 0. The predicted octanol–water partition coefficient (Wildman–Crippen LogP) is 2.58. The highest BCUT2D eigenvalue weighted by Crippen LogP contribution is 2.32. The molecule has 2 unspecified atom stereocenters. The van der Waals surface area contributed by atoms with Crippen LogP contribution in [0.1, 0.15) is 37.0 Å². The Balaban J connectivity index is 1.97. The van der Waals surface area contributed by atoms with Crippen LogP contribution in [0.4, 0.5) is 0 Å². The van der Waals surface area contributed by atoms with Crippen molar-refractivity contribution in [2.24, 2.45) is 0 Å². The van der Waals surface area contributed by atoms with Gasteiger partial charge in [-0.1, -0.05) is 31.2 Å². The number of benzene rings is 1. The topological polar surface area (TPSA) is 45.0 Å². The molecule has 3 heteroatoms. The smallest absolute Gasteiger partial charge is 0.119 e. The fourth-order valence-corrected chi connectivity index (χ4v) is 2.48. The second kappa shape index (κ2) is 6.53. The van der Waals surface area contributed by atoms with Crippen LogP contribution in [0.25, 0.3) is 0 Å². The summed E-state index contributed by atoms with van der Waals surface area (Å²) in [5.74, 6) is 0. The molecule has 0 heterocycles. The number of rotatable bonds is 5. The maximum Gasteiger partial charge on any atom is 0.119 e. The van der Waals surface area contributed by atoms with Crippen LogP contribution in [0.2, 0.25) is 0 Å². The third-order valence-electron chi connectivity index (χ3n) is 3.38. The average Bonchev–Trinajstić information content (AvgIpc) is 2.43. The van der Waals surface area contributed by atoms with E-state index in [0.29, 0.717) is 6.61 Å². The Morgan fingerprint density at radius 2 is 2.33 bits per heavy atom. The molecule has 2 rings (SSSR count). The first-order chi connectivity index (χ1) is 8.85. The van der Waals surface area contributed by atoms with E-state index in [4.69, 9.17) is 10.00 Å². The van der Waals surface area contributed by atoms with E-state index in [9.17, 15) is 0 Å². The average molecular weight is 244 g/mol. The number of likely N-dealkylation sites (N-methyl/N-ethyl adjacent to an activating group) is 1. The van der Waals surface area contributed by atoms with Gasteiger partial charge in [0.25, 0.3) is 0 Å². The number of nitrogens with one attached hydrogen (secondary N) is 1. The van der Waals surface area contributed by atoms with Crippen molar-refractivity contribution in [1.29, 1.82) is 5.26 Å². The molecule has 1 aliphatic rings. The zero-order valence-corrected chi connectivity index (χ0v) is 10.9. The van der Waals surface area contributed by atoms with E-state index in [1.165, 1.54) is 17.5 Å². The molecule has 0 saturated carbocycles. The van der Waals surface area contributed by atoms with Gasteiger partial charge in [-0.25, -0.2) is 0 Å². The fraction of sp³-hybridized carbons (Fsp3) is 0.533. The van der Waals surface area contributed by atoms with Gasteiger partial charge in [0.05, 0.1) is 18.8 Å². The van der Waals surface area contributed by atoms with E-state index in [2.05, 4.69) is 35.7 Å². The number of ether oxygens (including phenoxy) is 1. The summed E-state index contributed by atoms with van der Waals surface area (Å²) in [6, 6.07) is 10.5. The van der Waals surface area contributed by atoms with Crippen molar-refractivity contribution in [1.82, 2.24) is 5.32 Å². The lowest BCUT2D eigenvalue weighted by Gasteiger charge is -2.26. The summed E-state index contributed by atoms with van der Waals surface area (Å²) in [6.45, 7) is 3.26. The molecule has 0 bridgehead atoms. The monoisotopic (exact) mass is 244 g/mol. The first-order valence-corrected chi connectivity index (χ1v) is 6.67. The Morgan fingerprint density at radius 3 is 3.11 bits per heavy atom. The lowest BCUT2D eigenvalue weighted by atomic mass is 9.89. The molecule has 0 fully saturated rings. The molecule has 0 aromatic heterocycles. The van der Waals surface area contributed by atoms with Crippen molar-refractivity contribution in [3.8, 4) is 6.07 Å². The number of nitriles is 1. The number of hydrogen-bond acceptors (Lipinski definition) is 3. The van der Waals surface area contributed by atoms with Gasteiger partial charge in [-0.3, -0.25) is 0 Å². The molecule has 2 atom stereocenters. The maximum absolute atomic E-state index is 8.99. The highest BCUT2D eigenvalue weighted by atomic mass is 16.5. The molecule has 96 valence electrons. The molecule has 0 aliphatic heterocycles. The molecule has 1 aliphatic carbocycles. The standard InChI is InChI=1S/C15H20N2O/c1-2-17-13(10-16)11-18-15-9-5-7-12-6-3-4-8-14(12)15/h3-4,6,8,13,15,17H,2,5,7,9,11H2,1H3. The fourth-order valence-electron chi connectivity index (χ4n) is 2.48. The summed E-state index contributed by atoms with van der Waals surface area (Å²) < 4.78 is 5.93. The molecule has 1 N–H and O–H groups in total. The molecule has 1 aromatic rings. The lowest BCUT2D eigenvalue weighted by molar-refractivity contribution is 0.0343. The molecule has 1 aromatic carbocycles. The Morgan fingerprint density at radius 1 is 1.50 bits per heavy atom. The van der Waals surface area contributed by atoms with Crippen LogP contribution in [-0.4, -0.2) is 19.2 Å². The zero-order chi connectivity index (χ0) is 12.8. The van der Waals surface area contributed by atoms with Gasteiger partial charge in [-0.15, -0.1) is 0 Å². The lowest BCUT2D eigenvalue weighted by Crippen LogP contribution is -2.32. The van der Waals surface area contributed by atoms with Gasteiger partial charge in [0.1, 0.15) is 6.04 Å². The van der Waals surface area contributed by atoms with Crippen LogP contribution in [0.5, 0.6) is 0 Å². The first-order valence-electron chi connectivity index (χ1n) is 6.67. The summed E-state index contributed by atoms with van der Waals surface area (Å²) in [5.41, 5.74) is 2.70. The second-order valence-electron chi connectivity index (χ2n) is 4.65. The zero-order valence-electron chi connectivity index (χ0n) is 10.9. The molecule has 3 nitrogen and oxygen atoms in total. The minimum Gasteiger partial charge on any atom is -0.371 e. The van der Waals surface area contributed by atoms with Crippen LogP contribution in [-0.2, 0) is 11.2 Å². The molecule has 0 amide bonds. The van der Waals surface area contributed by atoms with E-state index < -0.39 is 0 Å². The van der Waals surface area contributed by atoms with Crippen molar-refractivity contribution in [3.05, 3.63) is 35.4 Å². The first kappa shape index (κ1) is 13.1. The van der Waals surface area contributed by atoms with E-state index in [-0.39, 0.29) is 12.1 Å². The molecule has 0 saturated heterocycles. The number of nitrogens with zero attached hydrogens (tertiary/aromatic N) is 1. The molecular weight excluding hydrogens is 224 g/mol. The molecular formula is C15H20N2O. The van der Waals surface area contributed by atoms with Crippen molar-refractivity contribution in [2.75, 3.05) is 13.2 Å². The number of fused-ring (bicyclic) bond motifs is 1. The van der Waals surface area contributed by atoms with E-state index in [1.54, 1.807) is 0 Å². The summed E-state index contributed by atoms with van der Waals surface area (Å²) in [5, 5.41) is 12.1. The number of hydrogen-bond donors (Lipinski definition) is 1. The van der Waals surface area contributed by atoms with Crippen molar-refractivity contribution in [2.45, 2.75) is 38.3 Å². The number of aryl methyl sites for hydroxylation is 1. The Labute approximate surface area is 109 Å². The van der Waals surface area contributed by atoms with Crippen molar-refractivity contribution >= 4 is 0 Å². The van der Waals surface area contributed by atoms with Crippen LogP contribution in [0, 0.1) is 11.3 Å². The highest BCUT2D eigenvalue weighted by Gasteiger charge is 2.21. The van der Waals surface area contributed by atoms with Crippen LogP contribution < -0.4 is 5.32 Å². The van der Waals surface area contributed by atoms with Gasteiger partial charge in [-0.05, 0) is 36.9 Å². The van der Waals surface area contributed by atoms with Crippen LogP contribution >= 0.6 is 0 Å². The highest BCUT2D eigenvalue weighted by molar-refractivity contribution is 5.31. The van der Waals surface area contributed by atoms with Crippen molar-refractivity contribution in [3.63, 3.8) is 0 Å². The normalized spacial score (nSPS) is 19.9. The Kier molecular flexibility index (Phi) is 4.74. The second-order valence-corrected chi connectivity index (χ2v) is 4.65. The van der Waals surface area contributed by atoms with Gasteiger partial charge in [0, 0.05) is 0 Å². The Bertz CT molecular complexity index is 425. The third-order valence-corrected chi connectivity index (χ3v) is 3.38. The van der Waals surface area contributed by atoms with Gasteiger partial charge >= 0.3 is 0 Å². The third kappa shape index (κ3) is 3.10. The minimum atomic E-state index is -0.205. The quantitative estimate of drug-likeness (QED) is 0.866. The van der Waals surface area contributed by atoms with E-state index in [0.717, 1.165) is 19.4 Å². The van der Waals surface area contributed by atoms with Crippen LogP contribution in [0.15, 0.2) is 24.3 Å². The van der Waals surface area contributed by atoms with Crippen LogP contribution in [0.3, 0.4) is 0 Å². The predicted molar refractivity (Wildman–Crippen MR) is 71.2 cm³/mol. The molecule has 0 spiro atoms. The van der Waals surface area contributed by atoms with Gasteiger partial charge in [0.15, 0.2) is 0 Å². The van der Waals surface area contributed by atoms with Gasteiger partial charge < -0.3 is 10.1 Å². The van der Waals surface area contributed by atoms with Gasteiger partial charge in [-0.2, -0.15) is 5.26 Å². The van der Waals surface area contributed by atoms with E-state index >= 15 is 0 Å². The summed E-state index contributed by atoms with van der Waals surface area (Å²) >= 11 is 0. The summed E-state index contributed by atoms with van der Waals surface area (Å²) in [6.07, 6.45) is 3.52. The molecule has 18 heavy (non-hydrogen) atoms. The largest absolute Gasteiger partial charge is 0.371 e. The van der Waals surface area contributed by atoms with E-state index in [1.807, 2.05) is 6.92 Å². The summed E-state index contributed by atoms with van der Waals surface area (Å²) in [7, 11) is 0. The van der Waals surface area contributed by atoms with Gasteiger partial charge in [0.2, 0.25) is 0 Å². The Hall–Kier alpha value is -1.37. The SMILES string of the molecule is CCNC(C#N)COC1CCCc2ccccc21. The molecule has 0 radical (unpaired) electrons. The van der Waals surface area contributed by atoms with Crippen molar-refractivity contribution < 1.29 is 4.74 Å². The maximum atomic E-state index is 8.99.